The van der Waals surface area contributed by atoms with Crippen molar-refractivity contribution in [2.75, 3.05) is 26.4 Å². The lowest BCUT2D eigenvalue weighted by Crippen LogP contribution is -2.33. The average Bonchev–Trinajstić information content (AvgIpc) is 3.21. The number of pyridine rings is 1. The fourth-order valence-electron chi connectivity index (χ4n) is 5.30. The molecule has 0 radical (unpaired) electrons. The third kappa shape index (κ3) is 3.93. The van der Waals surface area contributed by atoms with Gasteiger partial charge in [0.2, 0.25) is 0 Å². The Morgan fingerprint density at radius 2 is 1.83 bits per heavy atom. The SMILES string of the molecule is CN(C)CC1CC(n2cc(-c3cc4nc(-c5ccccc5)ccc4cc3Cl)c3c(N)ncnc32)C1. The van der Waals surface area contributed by atoms with E-state index in [1.54, 1.807) is 6.33 Å². The Labute approximate surface area is 209 Å². The first kappa shape index (κ1) is 22.0. The predicted molar refractivity (Wildman–Crippen MR) is 143 cm³/mol. The molecule has 7 heteroatoms. The van der Waals surface area contributed by atoms with Crippen LogP contribution in [0.15, 0.2) is 67.1 Å². The minimum atomic E-state index is 0.396. The number of aromatic nitrogens is 4. The van der Waals surface area contributed by atoms with Crippen LogP contribution in [0.25, 0.3) is 44.3 Å². The van der Waals surface area contributed by atoms with Crippen LogP contribution in [0.4, 0.5) is 5.82 Å². The lowest BCUT2D eigenvalue weighted by atomic mass is 9.80. The lowest BCUT2D eigenvalue weighted by Gasteiger charge is -2.38. The highest BCUT2D eigenvalue weighted by Gasteiger charge is 2.33. The summed E-state index contributed by atoms with van der Waals surface area (Å²) in [5.74, 6) is 1.16. The highest BCUT2D eigenvalue weighted by atomic mass is 35.5. The molecule has 176 valence electrons. The molecule has 1 aliphatic carbocycles. The summed E-state index contributed by atoms with van der Waals surface area (Å²) in [6.07, 6.45) is 5.95. The van der Waals surface area contributed by atoms with Crippen LogP contribution in [0, 0.1) is 5.92 Å². The molecule has 1 aliphatic rings. The Bertz CT molecular complexity index is 1540. The molecular weight excluding hydrogens is 456 g/mol. The second-order valence-electron chi connectivity index (χ2n) is 9.75. The molecule has 0 aliphatic heterocycles. The third-order valence-corrected chi connectivity index (χ3v) is 7.32. The van der Waals surface area contributed by atoms with Crippen LogP contribution < -0.4 is 5.73 Å². The van der Waals surface area contributed by atoms with Crippen LogP contribution in [0.3, 0.4) is 0 Å². The molecule has 3 aromatic heterocycles. The summed E-state index contributed by atoms with van der Waals surface area (Å²) >= 11 is 6.84. The first-order valence-electron chi connectivity index (χ1n) is 11.9. The summed E-state index contributed by atoms with van der Waals surface area (Å²) in [5.41, 5.74) is 12.0. The fraction of sp³-hybridized carbons (Fsp3) is 0.250. The van der Waals surface area contributed by atoms with Crippen molar-refractivity contribution in [3.8, 4) is 22.4 Å². The van der Waals surface area contributed by atoms with Gasteiger partial charge in [-0.25, -0.2) is 15.0 Å². The predicted octanol–water partition coefficient (Wildman–Crippen LogP) is 6.06. The molecule has 6 rings (SSSR count). The van der Waals surface area contributed by atoms with E-state index in [9.17, 15) is 0 Å². The van der Waals surface area contributed by atoms with Gasteiger partial charge in [-0.3, -0.25) is 0 Å². The van der Waals surface area contributed by atoms with Crippen LogP contribution in [0.1, 0.15) is 18.9 Å². The van der Waals surface area contributed by atoms with Gasteiger partial charge in [0.1, 0.15) is 17.8 Å². The van der Waals surface area contributed by atoms with Gasteiger partial charge in [0.25, 0.3) is 0 Å². The van der Waals surface area contributed by atoms with Crippen molar-refractivity contribution in [1.29, 1.82) is 0 Å². The Balaban J connectivity index is 1.46. The number of hydrogen-bond donors (Lipinski definition) is 1. The van der Waals surface area contributed by atoms with Gasteiger partial charge < -0.3 is 15.2 Å². The summed E-state index contributed by atoms with van der Waals surface area (Å²) in [6, 6.07) is 18.7. The highest BCUT2D eigenvalue weighted by molar-refractivity contribution is 6.34. The van der Waals surface area contributed by atoms with Gasteiger partial charge in [0.15, 0.2) is 0 Å². The number of fused-ring (bicyclic) bond motifs is 2. The van der Waals surface area contributed by atoms with E-state index in [2.05, 4.69) is 64.0 Å². The molecule has 5 aromatic rings. The van der Waals surface area contributed by atoms with Gasteiger partial charge in [0, 0.05) is 45.9 Å². The van der Waals surface area contributed by atoms with Crippen LogP contribution in [0.2, 0.25) is 5.02 Å². The van der Waals surface area contributed by atoms with Gasteiger partial charge in [-0.1, -0.05) is 48.0 Å². The minimum Gasteiger partial charge on any atom is -0.383 e. The summed E-state index contributed by atoms with van der Waals surface area (Å²) in [5, 5.41) is 2.51. The van der Waals surface area contributed by atoms with Crippen LogP contribution in [0.5, 0.6) is 0 Å². The van der Waals surface area contributed by atoms with E-state index in [1.807, 2.05) is 30.3 Å². The van der Waals surface area contributed by atoms with Gasteiger partial charge in [0.05, 0.1) is 16.6 Å². The molecule has 2 N–H and O–H groups in total. The van der Waals surface area contributed by atoms with Crippen molar-refractivity contribution in [3.63, 3.8) is 0 Å². The molecule has 0 spiro atoms. The van der Waals surface area contributed by atoms with E-state index in [0.29, 0.717) is 22.8 Å². The third-order valence-electron chi connectivity index (χ3n) is 7.00. The first-order valence-corrected chi connectivity index (χ1v) is 12.3. The standard InChI is InChI=1S/C28H27ClN6/c1-34(2)14-17-10-20(11-17)35-15-22(26-27(30)31-16-32-28(26)35)21-13-25-19(12-23(21)29)8-9-24(33-25)18-6-4-3-5-7-18/h3-9,12-13,15-17,20H,10-11,14H2,1-2H3,(H2,30,31,32). The number of nitrogens with two attached hydrogens (primary N) is 1. The molecule has 3 heterocycles. The Kier molecular flexibility index (Phi) is 5.43. The lowest BCUT2D eigenvalue weighted by molar-refractivity contribution is 0.159. The molecule has 1 fully saturated rings. The minimum absolute atomic E-state index is 0.396. The molecule has 2 aromatic carbocycles. The van der Waals surface area contributed by atoms with E-state index in [4.69, 9.17) is 22.3 Å². The number of benzene rings is 2. The Morgan fingerprint density at radius 1 is 1.03 bits per heavy atom. The molecule has 0 saturated heterocycles. The largest absolute Gasteiger partial charge is 0.383 e. The van der Waals surface area contributed by atoms with E-state index in [1.165, 1.54) is 0 Å². The molecule has 1 saturated carbocycles. The number of nitrogens with zero attached hydrogens (tertiary/aromatic N) is 5. The van der Waals surface area contributed by atoms with Crippen LogP contribution in [-0.2, 0) is 0 Å². The van der Waals surface area contributed by atoms with Crippen LogP contribution >= 0.6 is 11.6 Å². The number of nitrogen functional groups attached to an aromatic ring is 1. The quantitative estimate of drug-likeness (QED) is 0.329. The monoisotopic (exact) mass is 482 g/mol. The summed E-state index contributed by atoms with van der Waals surface area (Å²) in [4.78, 5) is 16.1. The van der Waals surface area contributed by atoms with Gasteiger partial charge in [-0.05, 0) is 51.1 Å². The summed E-state index contributed by atoms with van der Waals surface area (Å²) < 4.78 is 2.27. The van der Waals surface area contributed by atoms with Gasteiger partial charge in [-0.15, -0.1) is 0 Å². The van der Waals surface area contributed by atoms with Crippen molar-refractivity contribution in [2.45, 2.75) is 18.9 Å². The van der Waals surface area contributed by atoms with Crippen LogP contribution in [-0.4, -0.2) is 45.1 Å². The van der Waals surface area contributed by atoms with Gasteiger partial charge in [-0.2, -0.15) is 0 Å². The number of anilines is 1. The summed E-state index contributed by atoms with van der Waals surface area (Å²) in [6.45, 7) is 1.10. The zero-order valence-electron chi connectivity index (χ0n) is 19.8. The average molecular weight is 483 g/mol. The van der Waals surface area contributed by atoms with Crippen molar-refractivity contribution in [1.82, 2.24) is 24.4 Å². The maximum absolute atomic E-state index is 6.84. The molecule has 0 bridgehead atoms. The van der Waals surface area contributed by atoms with Crippen molar-refractivity contribution < 1.29 is 0 Å². The topological polar surface area (TPSA) is 72.9 Å². The molecule has 0 amide bonds. The van der Waals surface area contributed by atoms with Gasteiger partial charge >= 0.3 is 0 Å². The van der Waals surface area contributed by atoms with Crippen molar-refractivity contribution in [2.24, 2.45) is 5.92 Å². The van der Waals surface area contributed by atoms with E-state index < -0.39 is 0 Å². The Morgan fingerprint density at radius 3 is 2.60 bits per heavy atom. The van der Waals surface area contributed by atoms with E-state index in [-0.39, 0.29) is 0 Å². The van der Waals surface area contributed by atoms with Crippen molar-refractivity contribution >= 4 is 39.4 Å². The normalized spacial score (nSPS) is 17.8. The number of hydrogen-bond acceptors (Lipinski definition) is 5. The van der Waals surface area contributed by atoms with Crippen molar-refractivity contribution in [3.05, 3.63) is 72.1 Å². The zero-order chi connectivity index (χ0) is 24.1. The second-order valence-corrected chi connectivity index (χ2v) is 10.2. The molecule has 0 atom stereocenters. The van der Waals surface area contributed by atoms with E-state index >= 15 is 0 Å². The smallest absolute Gasteiger partial charge is 0.146 e. The maximum Gasteiger partial charge on any atom is 0.146 e. The first-order chi connectivity index (χ1) is 17.0. The fourth-order valence-corrected chi connectivity index (χ4v) is 5.58. The molecular formula is C28H27ClN6. The summed E-state index contributed by atoms with van der Waals surface area (Å²) in [7, 11) is 4.26. The maximum atomic E-state index is 6.84. The molecule has 6 nitrogen and oxygen atoms in total. The Hall–Kier alpha value is -3.48. The zero-order valence-corrected chi connectivity index (χ0v) is 20.6. The highest BCUT2D eigenvalue weighted by Crippen LogP contribution is 2.44. The number of halogens is 1. The van der Waals surface area contributed by atoms with E-state index in [0.717, 1.165) is 63.7 Å². The molecule has 35 heavy (non-hydrogen) atoms. The molecule has 0 unspecified atom stereocenters. The number of rotatable bonds is 5. The second kappa shape index (κ2) is 8.63.